The van der Waals surface area contributed by atoms with Gasteiger partial charge in [0.1, 0.15) is 0 Å². The Balaban J connectivity index is 3.43. The van der Waals surface area contributed by atoms with Gasteiger partial charge in [-0.2, -0.15) is 0 Å². The molecule has 0 radical (unpaired) electrons. The van der Waals surface area contributed by atoms with Crippen LogP contribution in [0.3, 0.4) is 0 Å². The molecular formula is C74H141NO5. The summed E-state index contributed by atoms with van der Waals surface area (Å²) in [7, 11) is 0. The Morgan fingerprint density at radius 1 is 0.350 bits per heavy atom. The Labute approximate surface area is 500 Å². The average Bonchev–Trinajstić information content (AvgIpc) is 3.46. The number of carbonyl (C=O) groups excluding carboxylic acids is 2. The number of ether oxygens (including phenoxy) is 1. The van der Waals surface area contributed by atoms with Gasteiger partial charge in [-0.15, -0.1) is 0 Å². The Hall–Kier alpha value is -1.92. The van der Waals surface area contributed by atoms with E-state index in [1.54, 1.807) is 0 Å². The molecule has 0 aliphatic rings. The van der Waals surface area contributed by atoms with Crippen molar-refractivity contribution in [3.63, 3.8) is 0 Å². The maximum Gasteiger partial charge on any atom is 0.305 e. The highest BCUT2D eigenvalue weighted by molar-refractivity contribution is 5.76. The predicted octanol–water partition coefficient (Wildman–Crippen LogP) is 23.5. The molecular weight excluding hydrogens is 983 g/mol. The van der Waals surface area contributed by atoms with Crippen LogP contribution in [0, 0.1) is 0 Å². The minimum absolute atomic E-state index is 0.000343. The van der Waals surface area contributed by atoms with E-state index >= 15 is 0 Å². The first kappa shape index (κ1) is 78.1. The fourth-order valence-electron chi connectivity index (χ4n) is 11.4. The van der Waals surface area contributed by atoms with Crippen molar-refractivity contribution in [1.82, 2.24) is 5.32 Å². The van der Waals surface area contributed by atoms with E-state index in [4.69, 9.17) is 4.74 Å². The van der Waals surface area contributed by atoms with Crippen molar-refractivity contribution >= 4 is 11.9 Å². The van der Waals surface area contributed by atoms with Gasteiger partial charge in [-0.05, 0) is 83.5 Å². The number of esters is 1. The topological polar surface area (TPSA) is 95.9 Å². The third-order valence-electron chi connectivity index (χ3n) is 16.9. The first-order chi connectivity index (χ1) is 39.5. The second-order valence-corrected chi connectivity index (χ2v) is 24.9. The van der Waals surface area contributed by atoms with Gasteiger partial charge in [0.05, 0.1) is 25.4 Å². The predicted molar refractivity (Wildman–Crippen MR) is 352 cm³/mol. The highest BCUT2D eigenvalue weighted by atomic mass is 16.5. The van der Waals surface area contributed by atoms with Crippen molar-refractivity contribution in [2.75, 3.05) is 13.2 Å². The first-order valence-corrected chi connectivity index (χ1v) is 36.2. The second-order valence-electron chi connectivity index (χ2n) is 24.9. The lowest BCUT2D eigenvalue weighted by Crippen LogP contribution is -2.45. The zero-order chi connectivity index (χ0) is 57.8. The number of nitrogens with one attached hydrogen (secondary N) is 1. The van der Waals surface area contributed by atoms with Crippen LogP contribution in [0.5, 0.6) is 0 Å². The smallest absolute Gasteiger partial charge is 0.305 e. The van der Waals surface area contributed by atoms with Gasteiger partial charge in [-0.25, -0.2) is 0 Å². The molecule has 0 fully saturated rings. The summed E-state index contributed by atoms with van der Waals surface area (Å²) >= 11 is 0. The van der Waals surface area contributed by atoms with Crippen LogP contribution in [0.15, 0.2) is 36.5 Å². The number of aliphatic hydroxyl groups excluding tert-OH is 2. The van der Waals surface area contributed by atoms with Crippen LogP contribution < -0.4 is 5.32 Å². The molecule has 3 N–H and O–H groups in total. The molecule has 2 unspecified atom stereocenters. The summed E-state index contributed by atoms with van der Waals surface area (Å²) in [6, 6.07) is -0.548. The summed E-state index contributed by atoms with van der Waals surface area (Å²) in [6.45, 7) is 4.96. The van der Waals surface area contributed by atoms with Crippen LogP contribution in [0.2, 0.25) is 0 Å². The molecule has 80 heavy (non-hydrogen) atoms. The van der Waals surface area contributed by atoms with Gasteiger partial charge < -0.3 is 20.3 Å². The van der Waals surface area contributed by atoms with Crippen LogP contribution in [0.25, 0.3) is 0 Å². The van der Waals surface area contributed by atoms with E-state index in [0.717, 1.165) is 51.4 Å². The summed E-state index contributed by atoms with van der Waals surface area (Å²) in [4.78, 5) is 24.6. The molecule has 2 atom stereocenters. The molecule has 0 saturated carbocycles. The number of aliphatic hydroxyl groups is 2. The molecule has 0 saturated heterocycles. The molecule has 0 aromatic carbocycles. The van der Waals surface area contributed by atoms with Gasteiger partial charge in [0.2, 0.25) is 5.91 Å². The van der Waals surface area contributed by atoms with Crippen molar-refractivity contribution in [3.8, 4) is 0 Å². The van der Waals surface area contributed by atoms with Gasteiger partial charge in [0.25, 0.3) is 0 Å². The Kier molecular flexibility index (Phi) is 67.9. The molecule has 0 aliphatic carbocycles. The molecule has 0 bridgehead atoms. The van der Waals surface area contributed by atoms with Crippen LogP contribution in [-0.2, 0) is 14.3 Å². The van der Waals surface area contributed by atoms with Crippen molar-refractivity contribution in [1.29, 1.82) is 0 Å². The standard InChI is InChI=1S/C74H141NO5/c1-3-5-7-9-11-13-15-17-18-19-20-21-22-24-27-30-33-36-39-43-46-50-54-58-62-66-72(77)71(70-76)75-73(78)67-63-59-55-51-47-44-40-37-34-31-28-25-23-26-29-32-35-38-41-45-49-53-57-61-65-69-80-74(79)68-64-60-56-52-48-42-16-14-12-10-8-6-4-2/h14,16,25-26,28-29,71-72,76-77H,3-13,15,17-24,27,30-70H2,1-2H3,(H,75,78)/b16-14-,28-25-,29-26-. The van der Waals surface area contributed by atoms with Gasteiger partial charge >= 0.3 is 5.97 Å². The zero-order valence-corrected chi connectivity index (χ0v) is 54.1. The Morgan fingerprint density at radius 2 is 0.625 bits per heavy atom. The monoisotopic (exact) mass is 1120 g/mol. The second kappa shape index (κ2) is 69.6. The summed E-state index contributed by atoms with van der Waals surface area (Å²) in [5.41, 5.74) is 0. The molecule has 472 valence electrons. The normalized spacial score (nSPS) is 12.7. The lowest BCUT2D eigenvalue weighted by Gasteiger charge is -2.22. The minimum Gasteiger partial charge on any atom is -0.466 e. The van der Waals surface area contributed by atoms with Crippen molar-refractivity contribution < 1.29 is 24.5 Å². The summed E-state index contributed by atoms with van der Waals surface area (Å²) in [5.74, 6) is -0.0364. The van der Waals surface area contributed by atoms with Crippen molar-refractivity contribution in [2.45, 2.75) is 411 Å². The quantitative estimate of drug-likeness (QED) is 0.0320. The molecule has 0 aromatic rings. The average molecular weight is 1120 g/mol. The van der Waals surface area contributed by atoms with Crippen molar-refractivity contribution in [3.05, 3.63) is 36.5 Å². The highest BCUT2D eigenvalue weighted by Crippen LogP contribution is 2.19. The van der Waals surface area contributed by atoms with Crippen molar-refractivity contribution in [2.24, 2.45) is 0 Å². The molecule has 0 aliphatic heterocycles. The third kappa shape index (κ3) is 65.2. The molecule has 0 spiro atoms. The van der Waals surface area contributed by atoms with Crippen LogP contribution in [0.1, 0.15) is 399 Å². The molecule has 6 nitrogen and oxygen atoms in total. The van der Waals surface area contributed by atoms with E-state index in [0.29, 0.717) is 25.9 Å². The molecule has 0 rings (SSSR count). The van der Waals surface area contributed by atoms with Gasteiger partial charge in [-0.3, -0.25) is 9.59 Å². The number of hydrogen-bond acceptors (Lipinski definition) is 5. The van der Waals surface area contributed by atoms with E-state index in [1.807, 2.05) is 0 Å². The third-order valence-corrected chi connectivity index (χ3v) is 16.9. The number of rotatable bonds is 68. The lowest BCUT2D eigenvalue weighted by molar-refractivity contribution is -0.143. The van der Waals surface area contributed by atoms with E-state index < -0.39 is 12.1 Å². The number of hydrogen-bond donors (Lipinski definition) is 3. The molecule has 0 aromatic heterocycles. The number of carbonyl (C=O) groups is 2. The summed E-state index contributed by atoms with van der Waals surface area (Å²) < 4.78 is 5.47. The van der Waals surface area contributed by atoms with E-state index in [9.17, 15) is 19.8 Å². The molecule has 6 heteroatoms. The zero-order valence-electron chi connectivity index (χ0n) is 54.1. The van der Waals surface area contributed by atoms with E-state index in [-0.39, 0.29) is 18.5 Å². The largest absolute Gasteiger partial charge is 0.466 e. The lowest BCUT2D eigenvalue weighted by atomic mass is 10.0. The van der Waals surface area contributed by atoms with Crippen LogP contribution in [-0.4, -0.2) is 47.4 Å². The number of amides is 1. The van der Waals surface area contributed by atoms with E-state index in [1.165, 1.54) is 315 Å². The molecule has 1 amide bonds. The van der Waals surface area contributed by atoms with Gasteiger partial charge in [-0.1, -0.05) is 339 Å². The van der Waals surface area contributed by atoms with Crippen LogP contribution >= 0.6 is 0 Å². The highest BCUT2D eigenvalue weighted by Gasteiger charge is 2.20. The fourth-order valence-corrected chi connectivity index (χ4v) is 11.4. The maximum atomic E-state index is 12.6. The first-order valence-electron chi connectivity index (χ1n) is 36.2. The van der Waals surface area contributed by atoms with E-state index in [2.05, 4.69) is 55.6 Å². The fraction of sp³-hybridized carbons (Fsp3) is 0.892. The number of unbranched alkanes of at least 4 members (excludes halogenated alkanes) is 51. The SMILES string of the molecule is CCCCCC/C=C\CCCCCCCC(=O)OCCCCCCCCCCC/C=C\C/C=C\CCCCCCCCCCCC(=O)NC(CO)C(O)CCCCCCCCCCCCCCCCCCCCCCCCCCC. The van der Waals surface area contributed by atoms with Gasteiger partial charge in [0.15, 0.2) is 0 Å². The molecule has 0 heterocycles. The summed E-state index contributed by atoms with van der Waals surface area (Å²) in [5, 5.41) is 23.5. The Bertz CT molecular complexity index is 1300. The maximum absolute atomic E-state index is 12.6. The summed E-state index contributed by atoms with van der Waals surface area (Å²) in [6.07, 6.45) is 89.1. The number of allylic oxidation sites excluding steroid dienone is 6. The Morgan fingerprint density at radius 3 is 0.975 bits per heavy atom. The van der Waals surface area contributed by atoms with Crippen LogP contribution in [0.4, 0.5) is 0 Å². The minimum atomic E-state index is -0.671. The van der Waals surface area contributed by atoms with Gasteiger partial charge in [0, 0.05) is 12.8 Å².